The van der Waals surface area contributed by atoms with Gasteiger partial charge in [0.05, 0.1) is 16.7 Å². The highest BCUT2D eigenvalue weighted by atomic mass is 35.5. The predicted molar refractivity (Wildman–Crippen MR) is 71.7 cm³/mol. The van der Waals surface area contributed by atoms with E-state index in [0.29, 0.717) is 13.0 Å². The molecule has 1 aliphatic rings. The summed E-state index contributed by atoms with van der Waals surface area (Å²) in [6.07, 6.45) is 3.16. The van der Waals surface area contributed by atoms with Crippen LogP contribution in [0.2, 0.25) is 5.02 Å². The summed E-state index contributed by atoms with van der Waals surface area (Å²) in [7, 11) is 0. The molecule has 104 valence electrons. The Morgan fingerprint density at radius 1 is 1.47 bits per heavy atom. The van der Waals surface area contributed by atoms with E-state index in [1.54, 1.807) is 0 Å². The molecule has 1 saturated carbocycles. The van der Waals surface area contributed by atoms with Crippen LogP contribution in [-0.2, 0) is 0 Å². The minimum Gasteiger partial charge on any atom is -0.393 e. The minimum absolute atomic E-state index is 0.111. The van der Waals surface area contributed by atoms with Gasteiger partial charge in [-0.3, -0.25) is 4.79 Å². The summed E-state index contributed by atoms with van der Waals surface area (Å²) < 4.78 is 13.5. The van der Waals surface area contributed by atoms with E-state index < -0.39 is 11.7 Å². The first kappa shape index (κ1) is 14.3. The molecule has 0 spiro atoms. The van der Waals surface area contributed by atoms with Crippen LogP contribution in [0.15, 0.2) is 18.2 Å². The van der Waals surface area contributed by atoms with Crippen LogP contribution in [0.3, 0.4) is 0 Å². The van der Waals surface area contributed by atoms with Crippen molar-refractivity contribution in [2.45, 2.75) is 31.8 Å². The number of rotatable bonds is 3. The van der Waals surface area contributed by atoms with E-state index in [1.165, 1.54) is 18.2 Å². The fraction of sp³-hybridized carbons (Fsp3) is 0.500. The van der Waals surface area contributed by atoms with Crippen molar-refractivity contribution in [3.05, 3.63) is 34.6 Å². The molecule has 1 aromatic carbocycles. The van der Waals surface area contributed by atoms with Gasteiger partial charge in [0, 0.05) is 6.54 Å². The SMILES string of the molecule is O=C(NCC1CCCC(O)C1)c1c(F)cccc1Cl. The number of nitrogens with one attached hydrogen (secondary N) is 1. The first-order valence-corrected chi connectivity index (χ1v) is 6.86. The molecule has 3 nitrogen and oxygen atoms in total. The molecule has 1 aliphatic carbocycles. The number of amides is 1. The van der Waals surface area contributed by atoms with Gasteiger partial charge in [-0.15, -0.1) is 0 Å². The zero-order chi connectivity index (χ0) is 13.8. The molecular formula is C14H17ClFNO2. The Morgan fingerprint density at radius 3 is 2.95 bits per heavy atom. The lowest BCUT2D eigenvalue weighted by molar-refractivity contribution is 0.0871. The second kappa shape index (κ2) is 6.35. The lowest BCUT2D eigenvalue weighted by Crippen LogP contribution is -2.33. The van der Waals surface area contributed by atoms with Crippen LogP contribution in [0.4, 0.5) is 4.39 Å². The second-order valence-electron chi connectivity index (χ2n) is 4.99. The number of benzene rings is 1. The van der Waals surface area contributed by atoms with Gasteiger partial charge in [0.25, 0.3) is 5.91 Å². The number of halogens is 2. The first-order valence-electron chi connectivity index (χ1n) is 6.48. The van der Waals surface area contributed by atoms with E-state index in [-0.39, 0.29) is 22.6 Å². The van der Waals surface area contributed by atoms with E-state index in [0.717, 1.165) is 19.3 Å². The Hall–Kier alpha value is -1.13. The highest BCUT2D eigenvalue weighted by Gasteiger charge is 2.22. The highest BCUT2D eigenvalue weighted by Crippen LogP contribution is 2.24. The maximum Gasteiger partial charge on any atom is 0.255 e. The van der Waals surface area contributed by atoms with Crippen molar-refractivity contribution in [2.75, 3.05) is 6.54 Å². The Kier molecular flexibility index (Phi) is 4.77. The van der Waals surface area contributed by atoms with Crippen molar-refractivity contribution in [1.29, 1.82) is 0 Å². The predicted octanol–water partition coefficient (Wildman–Crippen LogP) is 2.76. The average molecular weight is 286 g/mol. The quantitative estimate of drug-likeness (QED) is 0.897. The van der Waals surface area contributed by atoms with Gasteiger partial charge in [0.1, 0.15) is 5.82 Å². The highest BCUT2D eigenvalue weighted by molar-refractivity contribution is 6.33. The molecule has 1 amide bonds. The van der Waals surface area contributed by atoms with Crippen molar-refractivity contribution < 1.29 is 14.3 Å². The third kappa shape index (κ3) is 3.67. The van der Waals surface area contributed by atoms with E-state index in [9.17, 15) is 14.3 Å². The van der Waals surface area contributed by atoms with Crippen LogP contribution in [0.1, 0.15) is 36.0 Å². The summed E-state index contributed by atoms with van der Waals surface area (Å²) >= 11 is 5.83. The van der Waals surface area contributed by atoms with Crippen molar-refractivity contribution in [3.8, 4) is 0 Å². The lowest BCUT2D eigenvalue weighted by atomic mass is 9.87. The molecule has 2 rings (SSSR count). The van der Waals surface area contributed by atoms with Crippen molar-refractivity contribution in [3.63, 3.8) is 0 Å². The van der Waals surface area contributed by atoms with E-state index >= 15 is 0 Å². The summed E-state index contributed by atoms with van der Waals surface area (Å²) in [5, 5.41) is 12.4. The second-order valence-corrected chi connectivity index (χ2v) is 5.40. The van der Waals surface area contributed by atoms with Crippen molar-refractivity contribution in [1.82, 2.24) is 5.32 Å². The number of carbonyl (C=O) groups excluding carboxylic acids is 1. The van der Waals surface area contributed by atoms with Crippen molar-refractivity contribution in [2.24, 2.45) is 5.92 Å². The van der Waals surface area contributed by atoms with E-state index in [2.05, 4.69) is 5.32 Å². The Balaban J connectivity index is 1.94. The van der Waals surface area contributed by atoms with Crippen LogP contribution >= 0.6 is 11.6 Å². The van der Waals surface area contributed by atoms with Gasteiger partial charge in [0.2, 0.25) is 0 Å². The summed E-state index contributed by atoms with van der Waals surface area (Å²) in [5.74, 6) is -0.866. The van der Waals surface area contributed by atoms with Gasteiger partial charge in [-0.2, -0.15) is 0 Å². The molecule has 2 atom stereocenters. The number of carbonyl (C=O) groups is 1. The lowest BCUT2D eigenvalue weighted by Gasteiger charge is -2.25. The van der Waals surface area contributed by atoms with Gasteiger partial charge >= 0.3 is 0 Å². The molecule has 5 heteroatoms. The maximum atomic E-state index is 13.5. The summed E-state index contributed by atoms with van der Waals surface area (Å²) in [4.78, 5) is 11.9. The Labute approximate surface area is 116 Å². The molecule has 1 aromatic rings. The van der Waals surface area contributed by atoms with Gasteiger partial charge in [-0.25, -0.2) is 4.39 Å². The molecule has 19 heavy (non-hydrogen) atoms. The zero-order valence-electron chi connectivity index (χ0n) is 10.5. The third-order valence-electron chi connectivity index (χ3n) is 3.50. The monoisotopic (exact) mass is 285 g/mol. The topological polar surface area (TPSA) is 49.3 Å². The smallest absolute Gasteiger partial charge is 0.255 e. The molecule has 0 aromatic heterocycles. The number of hydrogen-bond acceptors (Lipinski definition) is 2. The van der Waals surface area contributed by atoms with Crippen LogP contribution in [-0.4, -0.2) is 23.7 Å². The van der Waals surface area contributed by atoms with Crippen LogP contribution in [0, 0.1) is 11.7 Å². The van der Waals surface area contributed by atoms with Crippen LogP contribution in [0.5, 0.6) is 0 Å². The fourth-order valence-corrected chi connectivity index (χ4v) is 2.74. The fourth-order valence-electron chi connectivity index (χ4n) is 2.49. The average Bonchev–Trinajstić information content (AvgIpc) is 2.36. The first-order chi connectivity index (χ1) is 9.08. The van der Waals surface area contributed by atoms with E-state index in [1.807, 2.05) is 0 Å². The molecule has 0 saturated heterocycles. The molecule has 0 radical (unpaired) electrons. The maximum absolute atomic E-state index is 13.5. The number of aliphatic hydroxyl groups excluding tert-OH is 1. The normalized spacial score (nSPS) is 23.1. The van der Waals surface area contributed by atoms with Crippen molar-refractivity contribution >= 4 is 17.5 Å². The molecule has 2 N–H and O–H groups in total. The van der Waals surface area contributed by atoms with Gasteiger partial charge in [0.15, 0.2) is 0 Å². The summed E-state index contributed by atoms with van der Waals surface area (Å²) in [6.45, 7) is 0.445. The molecule has 0 aliphatic heterocycles. The molecule has 0 heterocycles. The van der Waals surface area contributed by atoms with Gasteiger partial charge in [-0.1, -0.05) is 24.1 Å². The molecule has 0 bridgehead atoms. The standard InChI is InChI=1S/C14H17ClFNO2/c15-11-5-2-6-12(16)13(11)14(19)17-8-9-3-1-4-10(18)7-9/h2,5-6,9-10,18H,1,3-4,7-8H2,(H,17,19). The third-order valence-corrected chi connectivity index (χ3v) is 3.81. The van der Waals surface area contributed by atoms with Crippen LogP contribution < -0.4 is 5.32 Å². The molecular weight excluding hydrogens is 269 g/mol. The summed E-state index contributed by atoms with van der Waals surface area (Å²) in [6, 6.07) is 4.17. The zero-order valence-corrected chi connectivity index (χ0v) is 11.3. The van der Waals surface area contributed by atoms with E-state index in [4.69, 9.17) is 11.6 Å². The Morgan fingerprint density at radius 2 is 2.26 bits per heavy atom. The number of aliphatic hydroxyl groups is 1. The number of hydrogen-bond donors (Lipinski definition) is 2. The molecule has 2 unspecified atom stereocenters. The molecule has 1 fully saturated rings. The van der Waals surface area contributed by atoms with Gasteiger partial charge < -0.3 is 10.4 Å². The minimum atomic E-state index is -0.617. The Bertz CT molecular complexity index is 447. The van der Waals surface area contributed by atoms with Gasteiger partial charge in [-0.05, 0) is 37.3 Å². The van der Waals surface area contributed by atoms with Crippen LogP contribution in [0.25, 0.3) is 0 Å². The summed E-state index contributed by atoms with van der Waals surface area (Å²) in [5.41, 5.74) is -0.111. The largest absolute Gasteiger partial charge is 0.393 e.